The van der Waals surface area contributed by atoms with E-state index >= 15 is 0 Å². The van der Waals surface area contributed by atoms with Crippen molar-refractivity contribution >= 4 is 27.5 Å². The molecule has 0 radical (unpaired) electrons. The Morgan fingerprint density at radius 3 is 2.76 bits per heavy atom. The quantitative estimate of drug-likeness (QED) is 0.690. The summed E-state index contributed by atoms with van der Waals surface area (Å²) in [7, 11) is 1.97. The van der Waals surface area contributed by atoms with E-state index in [1.54, 1.807) is 6.20 Å². The van der Waals surface area contributed by atoms with Crippen LogP contribution < -0.4 is 9.47 Å². The zero-order chi connectivity index (χ0) is 15.2. The second-order valence-corrected chi connectivity index (χ2v) is 5.65. The standard InChI is InChI=1S/C15H18BrClN2O2/c1-3-20-13-9-11(10-17)8-12(16)15(13)21-7-4-14-18-5-6-19(14)2/h5-6,8-9H,3-4,7,10H2,1-2H3. The maximum absolute atomic E-state index is 5.88. The fraction of sp³-hybridized carbons (Fsp3) is 0.400. The van der Waals surface area contributed by atoms with Crippen LogP contribution in [0.2, 0.25) is 0 Å². The Morgan fingerprint density at radius 1 is 1.33 bits per heavy atom. The van der Waals surface area contributed by atoms with E-state index in [2.05, 4.69) is 20.9 Å². The van der Waals surface area contributed by atoms with E-state index in [9.17, 15) is 0 Å². The van der Waals surface area contributed by atoms with Gasteiger partial charge in [-0.25, -0.2) is 4.98 Å². The molecule has 1 aromatic heterocycles. The number of halogens is 2. The van der Waals surface area contributed by atoms with Gasteiger partial charge >= 0.3 is 0 Å². The third kappa shape index (κ3) is 4.14. The van der Waals surface area contributed by atoms with Crippen molar-refractivity contribution in [2.75, 3.05) is 13.2 Å². The highest BCUT2D eigenvalue weighted by Gasteiger charge is 2.12. The smallest absolute Gasteiger partial charge is 0.175 e. The third-order valence-electron chi connectivity index (χ3n) is 3.02. The van der Waals surface area contributed by atoms with Crippen LogP contribution in [0.3, 0.4) is 0 Å². The van der Waals surface area contributed by atoms with Crippen molar-refractivity contribution in [1.82, 2.24) is 9.55 Å². The maximum atomic E-state index is 5.88. The topological polar surface area (TPSA) is 36.3 Å². The molecule has 0 saturated carbocycles. The highest BCUT2D eigenvalue weighted by Crippen LogP contribution is 2.37. The molecule has 0 N–H and O–H groups in total. The lowest BCUT2D eigenvalue weighted by Gasteiger charge is -2.15. The van der Waals surface area contributed by atoms with E-state index in [1.807, 2.05) is 36.9 Å². The van der Waals surface area contributed by atoms with Gasteiger partial charge < -0.3 is 14.0 Å². The average Bonchev–Trinajstić information content (AvgIpc) is 2.87. The van der Waals surface area contributed by atoms with Gasteiger partial charge in [0.15, 0.2) is 11.5 Å². The largest absolute Gasteiger partial charge is 0.490 e. The third-order valence-corrected chi connectivity index (χ3v) is 3.91. The summed E-state index contributed by atoms with van der Waals surface area (Å²) in [6, 6.07) is 3.86. The van der Waals surface area contributed by atoms with E-state index in [0.29, 0.717) is 30.6 Å². The molecule has 0 aliphatic rings. The number of aryl methyl sites for hydroxylation is 1. The van der Waals surface area contributed by atoms with Crippen molar-refractivity contribution in [3.8, 4) is 11.5 Å². The number of alkyl halides is 1. The summed E-state index contributed by atoms with van der Waals surface area (Å²) in [6.45, 7) is 3.05. The molecule has 114 valence electrons. The van der Waals surface area contributed by atoms with Crippen molar-refractivity contribution in [1.29, 1.82) is 0 Å². The van der Waals surface area contributed by atoms with Crippen LogP contribution in [0.25, 0.3) is 0 Å². The SMILES string of the molecule is CCOc1cc(CCl)cc(Br)c1OCCc1nccn1C. The number of hydrogen-bond acceptors (Lipinski definition) is 3. The second-order valence-electron chi connectivity index (χ2n) is 4.52. The van der Waals surface area contributed by atoms with Gasteiger partial charge in [0.1, 0.15) is 5.82 Å². The van der Waals surface area contributed by atoms with Crippen LogP contribution in [-0.4, -0.2) is 22.8 Å². The molecule has 1 heterocycles. The normalized spacial score (nSPS) is 10.7. The van der Waals surface area contributed by atoms with Crippen LogP contribution >= 0.6 is 27.5 Å². The van der Waals surface area contributed by atoms with Crippen LogP contribution in [0.15, 0.2) is 29.0 Å². The van der Waals surface area contributed by atoms with Gasteiger partial charge in [-0.3, -0.25) is 0 Å². The van der Waals surface area contributed by atoms with Gasteiger partial charge in [-0.15, -0.1) is 11.6 Å². The maximum Gasteiger partial charge on any atom is 0.175 e. The van der Waals surface area contributed by atoms with Crippen LogP contribution in [0.4, 0.5) is 0 Å². The molecule has 0 unspecified atom stereocenters. The number of benzene rings is 1. The minimum atomic E-state index is 0.437. The van der Waals surface area contributed by atoms with E-state index in [1.165, 1.54) is 0 Å². The Balaban J connectivity index is 2.09. The number of hydrogen-bond donors (Lipinski definition) is 0. The van der Waals surface area contributed by atoms with Crippen LogP contribution in [-0.2, 0) is 19.3 Å². The summed E-state index contributed by atoms with van der Waals surface area (Å²) in [5.41, 5.74) is 0.989. The number of aromatic nitrogens is 2. The fourth-order valence-electron chi connectivity index (χ4n) is 1.98. The molecule has 0 saturated heterocycles. The lowest BCUT2D eigenvalue weighted by molar-refractivity contribution is 0.275. The highest BCUT2D eigenvalue weighted by molar-refractivity contribution is 9.10. The molecule has 0 bridgehead atoms. The van der Waals surface area contributed by atoms with Crippen molar-refractivity contribution < 1.29 is 9.47 Å². The van der Waals surface area contributed by atoms with Gasteiger partial charge in [-0.1, -0.05) is 0 Å². The lowest BCUT2D eigenvalue weighted by Crippen LogP contribution is -2.08. The number of rotatable bonds is 7. The number of ether oxygens (including phenoxy) is 2. The predicted octanol–water partition coefficient (Wildman–Crippen LogP) is 3.94. The minimum Gasteiger partial charge on any atom is -0.490 e. The Labute approximate surface area is 138 Å². The molecule has 0 aliphatic carbocycles. The molecule has 0 fully saturated rings. The lowest BCUT2D eigenvalue weighted by atomic mass is 10.2. The van der Waals surface area contributed by atoms with Gasteiger partial charge in [-0.2, -0.15) is 0 Å². The summed E-state index contributed by atoms with van der Waals surface area (Å²) in [5, 5.41) is 0. The molecule has 21 heavy (non-hydrogen) atoms. The Morgan fingerprint density at radius 2 is 2.14 bits per heavy atom. The van der Waals surface area contributed by atoms with Gasteiger partial charge in [0, 0.05) is 31.7 Å². The first-order chi connectivity index (χ1) is 10.2. The first-order valence-corrected chi connectivity index (χ1v) is 8.08. The second kappa shape index (κ2) is 7.71. The molecule has 2 rings (SSSR count). The van der Waals surface area contributed by atoms with Gasteiger partial charge in [0.25, 0.3) is 0 Å². The van der Waals surface area contributed by atoms with E-state index < -0.39 is 0 Å². The molecule has 2 aromatic rings. The Bertz CT molecular complexity index is 601. The van der Waals surface area contributed by atoms with E-state index in [4.69, 9.17) is 21.1 Å². The van der Waals surface area contributed by atoms with E-state index in [0.717, 1.165) is 22.3 Å². The van der Waals surface area contributed by atoms with Gasteiger partial charge in [0.2, 0.25) is 0 Å². The van der Waals surface area contributed by atoms with Crippen LogP contribution in [0, 0.1) is 0 Å². The average molecular weight is 374 g/mol. The van der Waals surface area contributed by atoms with Gasteiger partial charge in [-0.05, 0) is 40.5 Å². The van der Waals surface area contributed by atoms with Crippen molar-refractivity contribution in [2.45, 2.75) is 19.2 Å². The van der Waals surface area contributed by atoms with Gasteiger partial charge in [0.05, 0.1) is 17.7 Å². The highest BCUT2D eigenvalue weighted by atomic mass is 79.9. The number of nitrogens with zero attached hydrogens (tertiary/aromatic N) is 2. The Hall–Kier alpha value is -1.20. The van der Waals surface area contributed by atoms with E-state index in [-0.39, 0.29) is 0 Å². The summed E-state index contributed by atoms with van der Waals surface area (Å²) >= 11 is 9.40. The summed E-state index contributed by atoms with van der Waals surface area (Å²) < 4.78 is 14.4. The van der Waals surface area contributed by atoms with Crippen LogP contribution in [0.1, 0.15) is 18.3 Å². The molecule has 1 aromatic carbocycles. The van der Waals surface area contributed by atoms with Crippen molar-refractivity contribution in [2.24, 2.45) is 7.05 Å². The number of imidazole rings is 1. The van der Waals surface area contributed by atoms with Crippen LogP contribution in [0.5, 0.6) is 11.5 Å². The summed E-state index contributed by atoms with van der Waals surface area (Å²) in [4.78, 5) is 4.28. The fourth-order valence-corrected chi connectivity index (χ4v) is 2.74. The summed E-state index contributed by atoms with van der Waals surface area (Å²) in [6.07, 6.45) is 4.44. The van der Waals surface area contributed by atoms with Crippen molar-refractivity contribution in [3.05, 3.63) is 40.4 Å². The zero-order valence-corrected chi connectivity index (χ0v) is 14.4. The summed E-state index contributed by atoms with van der Waals surface area (Å²) in [5.74, 6) is 2.84. The minimum absolute atomic E-state index is 0.437. The zero-order valence-electron chi connectivity index (χ0n) is 12.1. The molecular weight excluding hydrogens is 356 g/mol. The van der Waals surface area contributed by atoms with Crippen molar-refractivity contribution in [3.63, 3.8) is 0 Å². The molecule has 0 aliphatic heterocycles. The first kappa shape index (κ1) is 16.2. The molecule has 4 nitrogen and oxygen atoms in total. The monoisotopic (exact) mass is 372 g/mol. The molecule has 6 heteroatoms. The Kier molecular flexibility index (Phi) is 5.94. The predicted molar refractivity (Wildman–Crippen MR) is 87.3 cm³/mol. The molecular formula is C15H18BrClN2O2. The molecule has 0 amide bonds. The molecule has 0 spiro atoms. The molecule has 0 atom stereocenters. The first-order valence-electron chi connectivity index (χ1n) is 6.75.